The zero-order valence-electron chi connectivity index (χ0n) is 25.5. The minimum atomic E-state index is -4.31. The summed E-state index contributed by atoms with van der Waals surface area (Å²) in [5, 5.41) is 0. The Kier molecular flexibility index (Phi) is 23.8. The summed E-state index contributed by atoms with van der Waals surface area (Å²) >= 11 is 0. The first-order valence-corrected chi connectivity index (χ1v) is 16.8. The van der Waals surface area contributed by atoms with Gasteiger partial charge in [0.25, 0.3) is 7.82 Å². The van der Waals surface area contributed by atoms with Gasteiger partial charge in [-0.15, -0.1) is 0 Å². The SMILES string of the molecule is CCCCCCCCCCCCCCCCCCN(C)C(COCC)COP(=O)([O-])OCC[N+](C)(C)C. The van der Waals surface area contributed by atoms with Crippen molar-refractivity contribution >= 4 is 7.82 Å². The van der Waals surface area contributed by atoms with Gasteiger partial charge in [-0.05, 0) is 26.9 Å². The third-order valence-corrected chi connectivity index (χ3v) is 7.90. The number of likely N-dealkylation sites (N-methyl/N-ethyl adjacent to an activating group) is 2. The number of unbranched alkanes of at least 4 members (excludes halogenated alkanes) is 15. The third-order valence-electron chi connectivity index (χ3n) is 6.94. The van der Waals surface area contributed by atoms with Crippen LogP contribution >= 0.6 is 7.82 Å². The van der Waals surface area contributed by atoms with Crippen LogP contribution in [0.1, 0.15) is 117 Å². The Labute approximate surface area is 230 Å². The van der Waals surface area contributed by atoms with Gasteiger partial charge in [0.2, 0.25) is 0 Å². The molecule has 7 nitrogen and oxygen atoms in total. The highest BCUT2D eigenvalue weighted by Crippen LogP contribution is 2.38. The molecule has 0 aliphatic carbocycles. The molecule has 0 radical (unpaired) electrons. The van der Waals surface area contributed by atoms with E-state index >= 15 is 0 Å². The monoisotopic (exact) mass is 550 g/mol. The fourth-order valence-electron chi connectivity index (χ4n) is 4.29. The second-order valence-corrected chi connectivity index (χ2v) is 13.1. The van der Waals surface area contributed by atoms with Crippen molar-refractivity contribution in [1.29, 1.82) is 0 Å². The molecule has 2 unspecified atom stereocenters. The summed E-state index contributed by atoms with van der Waals surface area (Å²) in [6, 6.07) is -0.111. The number of ether oxygens (including phenoxy) is 1. The molecule has 0 bridgehead atoms. The summed E-state index contributed by atoms with van der Waals surface area (Å²) in [6.45, 7) is 6.95. The normalized spacial score (nSPS) is 14.8. The zero-order chi connectivity index (χ0) is 27.8. The maximum absolute atomic E-state index is 12.2. The number of quaternary nitrogens is 1. The van der Waals surface area contributed by atoms with E-state index in [1.807, 2.05) is 35.1 Å². The van der Waals surface area contributed by atoms with E-state index in [1.54, 1.807) is 0 Å². The molecule has 0 rings (SSSR count). The summed E-state index contributed by atoms with van der Waals surface area (Å²) in [4.78, 5) is 14.3. The van der Waals surface area contributed by atoms with Gasteiger partial charge in [0, 0.05) is 6.61 Å². The number of hydrogen-bond acceptors (Lipinski definition) is 6. The molecule has 0 aromatic heterocycles. The summed E-state index contributed by atoms with van der Waals surface area (Å²) in [6.07, 6.45) is 21.7. The topological polar surface area (TPSA) is 71.1 Å². The Morgan fingerprint density at radius 1 is 0.730 bits per heavy atom. The van der Waals surface area contributed by atoms with Crippen molar-refractivity contribution in [2.45, 2.75) is 123 Å². The van der Waals surface area contributed by atoms with Crippen molar-refractivity contribution in [3.63, 3.8) is 0 Å². The highest BCUT2D eigenvalue weighted by atomic mass is 31.2. The first kappa shape index (κ1) is 37.0. The molecule has 224 valence electrons. The molecule has 37 heavy (non-hydrogen) atoms. The summed E-state index contributed by atoms with van der Waals surface area (Å²) in [5.74, 6) is 0. The number of nitrogens with zero attached hydrogens (tertiary/aromatic N) is 2. The Morgan fingerprint density at radius 3 is 1.62 bits per heavy atom. The fourth-order valence-corrected chi connectivity index (χ4v) is 5.02. The van der Waals surface area contributed by atoms with Crippen molar-refractivity contribution < 1.29 is 27.7 Å². The van der Waals surface area contributed by atoms with Crippen LogP contribution in [0.4, 0.5) is 0 Å². The lowest BCUT2D eigenvalue weighted by Gasteiger charge is -2.31. The smallest absolute Gasteiger partial charge is 0.268 e. The van der Waals surface area contributed by atoms with E-state index in [0.717, 1.165) is 13.0 Å². The largest absolute Gasteiger partial charge is 0.756 e. The van der Waals surface area contributed by atoms with Crippen molar-refractivity contribution in [2.75, 3.05) is 67.7 Å². The number of phosphoric acid groups is 1. The van der Waals surface area contributed by atoms with E-state index in [-0.39, 0.29) is 19.3 Å². The average Bonchev–Trinajstić information content (AvgIpc) is 2.82. The van der Waals surface area contributed by atoms with Crippen LogP contribution in [-0.2, 0) is 18.3 Å². The van der Waals surface area contributed by atoms with Crippen LogP contribution in [0.2, 0.25) is 0 Å². The summed E-state index contributed by atoms with van der Waals surface area (Å²) in [7, 11) is 3.68. The van der Waals surface area contributed by atoms with Crippen LogP contribution in [0.25, 0.3) is 0 Å². The molecule has 0 heterocycles. The van der Waals surface area contributed by atoms with E-state index in [9.17, 15) is 9.46 Å². The van der Waals surface area contributed by atoms with Gasteiger partial charge in [-0.25, -0.2) is 0 Å². The maximum Gasteiger partial charge on any atom is 0.268 e. The van der Waals surface area contributed by atoms with Crippen molar-refractivity contribution in [3.05, 3.63) is 0 Å². The molecule has 0 aromatic carbocycles. The predicted molar refractivity (Wildman–Crippen MR) is 155 cm³/mol. The Bertz CT molecular complexity index is 545. The summed E-state index contributed by atoms with van der Waals surface area (Å²) in [5.41, 5.74) is 0. The average molecular weight is 551 g/mol. The van der Waals surface area contributed by atoms with Crippen LogP contribution in [-0.4, -0.2) is 83.1 Å². The zero-order valence-corrected chi connectivity index (χ0v) is 26.4. The first-order valence-electron chi connectivity index (χ1n) is 15.3. The van der Waals surface area contributed by atoms with Crippen molar-refractivity contribution in [3.8, 4) is 0 Å². The van der Waals surface area contributed by atoms with E-state index in [4.69, 9.17) is 13.8 Å². The number of rotatable bonds is 28. The van der Waals surface area contributed by atoms with E-state index in [1.165, 1.54) is 96.3 Å². The second kappa shape index (κ2) is 23.8. The molecule has 0 saturated carbocycles. The molecule has 0 spiro atoms. The molecule has 2 atom stereocenters. The molecule has 0 saturated heterocycles. The standard InChI is InChI=1S/C29H63N2O5P/c1-7-9-10-11-12-13-14-15-16-17-18-19-20-21-22-23-24-30(3)29(27-34-8-2)28-36-37(32,33)35-26-25-31(4,5)6/h29H,7-28H2,1-6H3. The predicted octanol–water partition coefficient (Wildman–Crippen LogP) is 6.79. The fraction of sp³-hybridized carbons (Fsp3) is 1.00. The maximum atomic E-state index is 12.2. The van der Waals surface area contributed by atoms with E-state index < -0.39 is 7.82 Å². The van der Waals surface area contributed by atoms with Gasteiger partial charge in [-0.1, -0.05) is 103 Å². The van der Waals surface area contributed by atoms with Gasteiger partial charge in [0.05, 0.1) is 40.4 Å². The van der Waals surface area contributed by atoms with E-state index in [2.05, 4.69) is 11.8 Å². The Hall–Kier alpha value is -0.0100. The Morgan fingerprint density at radius 2 is 1.19 bits per heavy atom. The molecular formula is C29H63N2O5P. The lowest BCUT2D eigenvalue weighted by molar-refractivity contribution is -0.870. The lowest BCUT2D eigenvalue weighted by atomic mass is 10.0. The molecule has 0 amide bonds. The first-order chi connectivity index (χ1) is 17.6. The van der Waals surface area contributed by atoms with Gasteiger partial charge in [-0.3, -0.25) is 9.46 Å². The van der Waals surface area contributed by atoms with E-state index in [0.29, 0.717) is 24.2 Å². The third kappa shape index (κ3) is 26.0. The summed E-state index contributed by atoms with van der Waals surface area (Å²) < 4.78 is 28.6. The quantitative estimate of drug-likeness (QED) is 0.0607. The molecular weight excluding hydrogens is 487 g/mol. The van der Waals surface area contributed by atoms with Crippen LogP contribution in [0.3, 0.4) is 0 Å². The van der Waals surface area contributed by atoms with Gasteiger partial charge in [0.15, 0.2) is 0 Å². The van der Waals surface area contributed by atoms with Gasteiger partial charge in [0.1, 0.15) is 13.2 Å². The van der Waals surface area contributed by atoms with Gasteiger partial charge >= 0.3 is 0 Å². The van der Waals surface area contributed by atoms with Crippen LogP contribution in [0.5, 0.6) is 0 Å². The van der Waals surface area contributed by atoms with Gasteiger partial charge < -0.3 is 23.2 Å². The highest BCUT2D eigenvalue weighted by Gasteiger charge is 2.20. The number of phosphoric ester groups is 1. The molecule has 0 aromatic rings. The van der Waals surface area contributed by atoms with Gasteiger partial charge in [-0.2, -0.15) is 0 Å². The van der Waals surface area contributed by atoms with Crippen LogP contribution in [0, 0.1) is 0 Å². The second-order valence-electron chi connectivity index (χ2n) is 11.7. The van der Waals surface area contributed by atoms with Crippen LogP contribution in [0.15, 0.2) is 0 Å². The number of hydrogen-bond donors (Lipinski definition) is 0. The van der Waals surface area contributed by atoms with Crippen molar-refractivity contribution in [2.24, 2.45) is 0 Å². The molecule has 0 fully saturated rings. The molecule has 8 heteroatoms. The molecule has 0 N–H and O–H groups in total. The Balaban J connectivity index is 3.87. The highest BCUT2D eigenvalue weighted by molar-refractivity contribution is 7.45. The minimum Gasteiger partial charge on any atom is -0.756 e. The van der Waals surface area contributed by atoms with Crippen LogP contribution < -0.4 is 4.89 Å². The molecule has 0 aliphatic rings. The minimum absolute atomic E-state index is 0.0561. The molecule has 0 aliphatic heterocycles. The lowest BCUT2D eigenvalue weighted by Crippen LogP contribution is -2.40. The van der Waals surface area contributed by atoms with Crippen molar-refractivity contribution in [1.82, 2.24) is 4.90 Å².